The van der Waals surface area contributed by atoms with Crippen LogP contribution in [0.4, 0.5) is 0 Å². The molecule has 6 atom stereocenters. The van der Waals surface area contributed by atoms with Crippen molar-refractivity contribution < 1.29 is 35.0 Å². The Morgan fingerprint density at radius 2 is 1.89 bits per heavy atom. The Bertz CT molecular complexity index is 279. The van der Waals surface area contributed by atoms with Gasteiger partial charge in [-0.2, -0.15) is 0 Å². The van der Waals surface area contributed by atoms with Gasteiger partial charge in [-0.15, -0.1) is 6.58 Å². The molecule has 5 N–H and O–H groups in total. The summed E-state index contributed by atoms with van der Waals surface area (Å²) in [5, 5.41) is 47.3. The standard InChI is InChI=1S/C11H20O7/c1-3-11(2,16)5-17-10-9(15)8(14)7(13)6(4-12)18-10/h3,6-10,12-16H,1,4-5H2,2H3/t6-,7-,8+,9-,10-,11?/m1/s1. The predicted octanol–water partition coefficient (Wildman–Crippen LogP) is -2.26. The Hall–Kier alpha value is -0.540. The van der Waals surface area contributed by atoms with Crippen LogP contribution in [0.3, 0.4) is 0 Å². The normalized spacial score (nSPS) is 40.2. The van der Waals surface area contributed by atoms with E-state index in [1.165, 1.54) is 13.0 Å². The second kappa shape index (κ2) is 6.07. The summed E-state index contributed by atoms with van der Waals surface area (Å²) in [6.45, 7) is 4.12. The summed E-state index contributed by atoms with van der Waals surface area (Å²) in [5.41, 5.74) is -1.31. The molecule has 0 amide bonds. The Balaban J connectivity index is 2.62. The molecule has 0 bridgehead atoms. The maximum absolute atomic E-state index is 9.64. The number of hydrogen-bond donors (Lipinski definition) is 5. The molecule has 1 unspecified atom stereocenters. The minimum atomic E-state index is -1.49. The number of ether oxygens (including phenoxy) is 2. The Morgan fingerprint density at radius 1 is 1.28 bits per heavy atom. The van der Waals surface area contributed by atoms with Crippen molar-refractivity contribution >= 4 is 0 Å². The largest absolute Gasteiger partial charge is 0.394 e. The molecular formula is C11H20O7. The summed E-state index contributed by atoms with van der Waals surface area (Å²) < 4.78 is 10.2. The van der Waals surface area contributed by atoms with E-state index in [-0.39, 0.29) is 6.61 Å². The van der Waals surface area contributed by atoms with Gasteiger partial charge >= 0.3 is 0 Å². The number of aliphatic hydroxyl groups excluding tert-OH is 4. The lowest BCUT2D eigenvalue weighted by molar-refractivity contribution is -0.306. The van der Waals surface area contributed by atoms with E-state index < -0.39 is 42.9 Å². The minimum Gasteiger partial charge on any atom is -0.394 e. The first-order valence-corrected chi connectivity index (χ1v) is 5.60. The molecule has 1 fully saturated rings. The molecule has 1 saturated heterocycles. The van der Waals surface area contributed by atoms with E-state index >= 15 is 0 Å². The van der Waals surface area contributed by atoms with E-state index in [4.69, 9.17) is 14.6 Å². The zero-order valence-electron chi connectivity index (χ0n) is 10.1. The van der Waals surface area contributed by atoms with Gasteiger partial charge in [0.2, 0.25) is 0 Å². The van der Waals surface area contributed by atoms with Crippen LogP contribution in [0.5, 0.6) is 0 Å². The molecule has 0 spiro atoms. The first-order valence-electron chi connectivity index (χ1n) is 5.60. The lowest BCUT2D eigenvalue weighted by Gasteiger charge is -2.40. The fourth-order valence-electron chi connectivity index (χ4n) is 1.51. The SMILES string of the molecule is C=CC(C)(O)CO[C@@H]1O[C@H](CO)[C@@H](O)[C@H](O)[C@H]1O. The monoisotopic (exact) mass is 264 g/mol. The van der Waals surface area contributed by atoms with Gasteiger partial charge in [0, 0.05) is 0 Å². The van der Waals surface area contributed by atoms with Crippen LogP contribution in [0.25, 0.3) is 0 Å². The average molecular weight is 264 g/mol. The van der Waals surface area contributed by atoms with Crippen molar-refractivity contribution in [3.63, 3.8) is 0 Å². The van der Waals surface area contributed by atoms with Crippen molar-refractivity contribution in [1.82, 2.24) is 0 Å². The van der Waals surface area contributed by atoms with Crippen LogP contribution in [0.15, 0.2) is 12.7 Å². The molecule has 0 aliphatic carbocycles. The fourth-order valence-corrected chi connectivity index (χ4v) is 1.51. The van der Waals surface area contributed by atoms with Gasteiger partial charge in [-0.3, -0.25) is 0 Å². The lowest BCUT2D eigenvalue weighted by Crippen LogP contribution is -2.59. The third kappa shape index (κ3) is 3.48. The molecule has 0 aromatic carbocycles. The van der Waals surface area contributed by atoms with Gasteiger partial charge in [0.05, 0.1) is 13.2 Å². The Morgan fingerprint density at radius 3 is 2.39 bits per heavy atom. The molecule has 7 nitrogen and oxygen atoms in total. The van der Waals surface area contributed by atoms with Gasteiger partial charge < -0.3 is 35.0 Å². The van der Waals surface area contributed by atoms with Crippen LogP contribution < -0.4 is 0 Å². The molecule has 1 aliphatic rings. The van der Waals surface area contributed by atoms with E-state index in [1.54, 1.807) is 0 Å². The molecule has 0 saturated carbocycles. The second-order valence-electron chi connectivity index (χ2n) is 4.57. The van der Waals surface area contributed by atoms with Crippen LogP contribution in [0, 0.1) is 0 Å². The van der Waals surface area contributed by atoms with Crippen molar-refractivity contribution in [2.24, 2.45) is 0 Å². The zero-order valence-corrected chi connectivity index (χ0v) is 10.1. The van der Waals surface area contributed by atoms with Crippen LogP contribution in [-0.2, 0) is 9.47 Å². The second-order valence-corrected chi connectivity index (χ2v) is 4.57. The van der Waals surface area contributed by atoms with Crippen LogP contribution in [0.1, 0.15) is 6.92 Å². The molecular weight excluding hydrogens is 244 g/mol. The topological polar surface area (TPSA) is 120 Å². The summed E-state index contributed by atoms with van der Waals surface area (Å²) >= 11 is 0. The van der Waals surface area contributed by atoms with Gasteiger partial charge in [-0.1, -0.05) is 6.08 Å². The molecule has 1 heterocycles. The summed E-state index contributed by atoms with van der Waals surface area (Å²) in [6.07, 6.45) is -5.39. The van der Waals surface area contributed by atoms with Crippen molar-refractivity contribution in [3.05, 3.63) is 12.7 Å². The average Bonchev–Trinajstić information content (AvgIpc) is 2.35. The van der Waals surface area contributed by atoms with E-state index in [0.717, 1.165) is 0 Å². The zero-order chi connectivity index (χ0) is 13.9. The molecule has 7 heteroatoms. The van der Waals surface area contributed by atoms with Crippen molar-refractivity contribution in [2.75, 3.05) is 13.2 Å². The smallest absolute Gasteiger partial charge is 0.186 e. The molecule has 0 aromatic rings. The number of rotatable bonds is 5. The highest BCUT2D eigenvalue weighted by molar-refractivity contribution is 4.93. The van der Waals surface area contributed by atoms with E-state index in [0.29, 0.717) is 0 Å². The van der Waals surface area contributed by atoms with Gasteiger partial charge in [0.1, 0.15) is 30.0 Å². The van der Waals surface area contributed by atoms with Crippen molar-refractivity contribution in [2.45, 2.75) is 43.2 Å². The van der Waals surface area contributed by atoms with Gasteiger partial charge in [0.15, 0.2) is 6.29 Å². The minimum absolute atomic E-state index is 0.209. The van der Waals surface area contributed by atoms with E-state index in [1.807, 2.05) is 0 Å². The maximum Gasteiger partial charge on any atom is 0.186 e. The first-order chi connectivity index (χ1) is 8.32. The Kier molecular flexibility index (Phi) is 5.23. The van der Waals surface area contributed by atoms with E-state index in [2.05, 4.69) is 6.58 Å². The number of aliphatic hydroxyl groups is 5. The maximum atomic E-state index is 9.64. The molecule has 0 aromatic heterocycles. The van der Waals surface area contributed by atoms with Crippen LogP contribution in [0.2, 0.25) is 0 Å². The molecule has 1 aliphatic heterocycles. The van der Waals surface area contributed by atoms with E-state index in [9.17, 15) is 20.4 Å². The summed E-state index contributed by atoms with van der Waals surface area (Å²) in [7, 11) is 0. The quantitative estimate of drug-likeness (QED) is 0.355. The summed E-state index contributed by atoms with van der Waals surface area (Å²) in [4.78, 5) is 0. The third-order valence-electron chi connectivity index (χ3n) is 2.83. The lowest BCUT2D eigenvalue weighted by atomic mass is 9.99. The predicted molar refractivity (Wildman–Crippen MR) is 60.5 cm³/mol. The Labute approximate surface area is 105 Å². The highest BCUT2D eigenvalue weighted by Gasteiger charge is 2.44. The highest BCUT2D eigenvalue weighted by atomic mass is 16.7. The van der Waals surface area contributed by atoms with Crippen LogP contribution in [-0.4, -0.2) is 75.1 Å². The summed E-state index contributed by atoms with van der Waals surface area (Å²) in [5.74, 6) is 0. The first kappa shape index (κ1) is 15.5. The van der Waals surface area contributed by atoms with Crippen molar-refractivity contribution in [1.29, 1.82) is 0 Å². The van der Waals surface area contributed by atoms with Gasteiger partial charge in [-0.05, 0) is 6.92 Å². The fraction of sp³-hybridized carbons (Fsp3) is 0.818. The highest BCUT2D eigenvalue weighted by Crippen LogP contribution is 2.22. The van der Waals surface area contributed by atoms with Crippen LogP contribution >= 0.6 is 0 Å². The molecule has 0 radical (unpaired) electrons. The summed E-state index contributed by atoms with van der Waals surface area (Å²) in [6, 6.07) is 0. The van der Waals surface area contributed by atoms with Gasteiger partial charge in [-0.25, -0.2) is 0 Å². The van der Waals surface area contributed by atoms with Crippen molar-refractivity contribution in [3.8, 4) is 0 Å². The number of hydrogen-bond acceptors (Lipinski definition) is 7. The third-order valence-corrected chi connectivity index (χ3v) is 2.83. The molecule has 18 heavy (non-hydrogen) atoms. The van der Waals surface area contributed by atoms with Gasteiger partial charge in [0.25, 0.3) is 0 Å². The molecule has 106 valence electrons. The molecule has 1 rings (SSSR count).